The zero-order valence-corrected chi connectivity index (χ0v) is 13.0. The molecule has 0 bridgehead atoms. The number of nitrogens with one attached hydrogen (secondary N) is 1. The summed E-state index contributed by atoms with van der Waals surface area (Å²) in [6.07, 6.45) is 2.02. The normalized spacial score (nSPS) is 10.9. The Morgan fingerprint density at radius 2 is 2.05 bits per heavy atom. The van der Waals surface area contributed by atoms with Gasteiger partial charge in [0.2, 0.25) is 0 Å². The minimum atomic E-state index is 0.794. The maximum Gasteiger partial charge on any atom is 0.0936 e. The Balaban J connectivity index is 2.19. The van der Waals surface area contributed by atoms with Gasteiger partial charge in [-0.05, 0) is 18.5 Å². The molecule has 1 N–H and O–H groups in total. The van der Waals surface area contributed by atoms with Crippen LogP contribution in [0.2, 0.25) is 0 Å². The van der Waals surface area contributed by atoms with E-state index in [0.29, 0.717) is 0 Å². The van der Waals surface area contributed by atoms with Crippen LogP contribution in [0, 0.1) is 0 Å². The van der Waals surface area contributed by atoms with Gasteiger partial charge in [0.1, 0.15) is 0 Å². The zero-order chi connectivity index (χ0) is 14.2. The molecule has 0 aliphatic rings. The maximum atomic E-state index is 5.11. The number of thiazole rings is 1. The van der Waals surface area contributed by atoms with Crippen molar-refractivity contribution in [3.63, 3.8) is 0 Å². The average Bonchev–Trinajstić information content (AvgIpc) is 2.89. The van der Waals surface area contributed by atoms with Crippen LogP contribution < -0.4 is 5.32 Å². The van der Waals surface area contributed by atoms with E-state index in [9.17, 15) is 0 Å². The number of aryl methyl sites for hydroxylation is 1. The van der Waals surface area contributed by atoms with E-state index in [0.717, 1.165) is 38.2 Å². The van der Waals surface area contributed by atoms with Crippen molar-refractivity contribution < 1.29 is 4.74 Å². The van der Waals surface area contributed by atoms with Gasteiger partial charge in [-0.3, -0.25) is 0 Å². The Morgan fingerprint density at radius 3 is 2.75 bits per heavy atom. The maximum absolute atomic E-state index is 5.11. The van der Waals surface area contributed by atoms with Crippen LogP contribution in [0.25, 0.3) is 10.4 Å². The van der Waals surface area contributed by atoms with Crippen LogP contribution in [0.15, 0.2) is 30.3 Å². The topological polar surface area (TPSA) is 34.2 Å². The van der Waals surface area contributed by atoms with Crippen molar-refractivity contribution in [1.29, 1.82) is 0 Å². The van der Waals surface area contributed by atoms with Crippen LogP contribution in [-0.2, 0) is 17.7 Å². The van der Waals surface area contributed by atoms with Crippen LogP contribution in [-0.4, -0.2) is 25.2 Å². The van der Waals surface area contributed by atoms with E-state index in [1.165, 1.54) is 15.4 Å². The van der Waals surface area contributed by atoms with Gasteiger partial charge in [0.05, 0.1) is 15.6 Å². The second kappa shape index (κ2) is 8.15. The van der Waals surface area contributed by atoms with Crippen molar-refractivity contribution in [1.82, 2.24) is 10.3 Å². The van der Waals surface area contributed by atoms with Crippen molar-refractivity contribution in [2.75, 3.05) is 20.3 Å². The fraction of sp³-hybridized carbons (Fsp3) is 0.438. The molecule has 108 valence electrons. The van der Waals surface area contributed by atoms with Crippen LogP contribution in [0.4, 0.5) is 0 Å². The Bertz CT molecular complexity index is 510. The smallest absolute Gasteiger partial charge is 0.0936 e. The van der Waals surface area contributed by atoms with Gasteiger partial charge in [0.15, 0.2) is 0 Å². The zero-order valence-electron chi connectivity index (χ0n) is 12.2. The highest BCUT2D eigenvalue weighted by atomic mass is 32.1. The van der Waals surface area contributed by atoms with E-state index >= 15 is 0 Å². The molecule has 2 aromatic rings. The quantitative estimate of drug-likeness (QED) is 0.756. The Labute approximate surface area is 125 Å². The minimum absolute atomic E-state index is 0.794. The third-order valence-electron chi connectivity index (χ3n) is 3.06. The molecule has 2 rings (SSSR count). The minimum Gasteiger partial charge on any atom is -0.385 e. The number of benzene rings is 1. The van der Waals surface area contributed by atoms with Gasteiger partial charge < -0.3 is 10.1 Å². The second-order valence-corrected chi connectivity index (χ2v) is 5.71. The summed E-state index contributed by atoms with van der Waals surface area (Å²) in [7, 11) is 1.74. The molecular weight excluding hydrogens is 268 g/mol. The van der Waals surface area contributed by atoms with E-state index in [1.54, 1.807) is 18.4 Å². The Morgan fingerprint density at radius 1 is 1.25 bits per heavy atom. The summed E-state index contributed by atoms with van der Waals surface area (Å²) in [4.78, 5) is 6.09. The average molecular weight is 290 g/mol. The van der Waals surface area contributed by atoms with Crippen LogP contribution in [0.5, 0.6) is 0 Å². The van der Waals surface area contributed by atoms with Gasteiger partial charge in [0, 0.05) is 26.7 Å². The molecule has 1 heterocycles. The highest BCUT2D eigenvalue weighted by Gasteiger charge is 2.12. The third kappa shape index (κ3) is 4.13. The molecule has 1 aromatic heterocycles. The van der Waals surface area contributed by atoms with E-state index in [1.807, 2.05) is 6.07 Å². The molecule has 0 saturated heterocycles. The van der Waals surface area contributed by atoms with E-state index in [2.05, 4.69) is 36.5 Å². The van der Waals surface area contributed by atoms with Gasteiger partial charge in [-0.25, -0.2) is 4.98 Å². The lowest BCUT2D eigenvalue weighted by atomic mass is 10.1. The van der Waals surface area contributed by atoms with Crippen molar-refractivity contribution >= 4 is 11.3 Å². The molecule has 0 atom stereocenters. The van der Waals surface area contributed by atoms with Crippen LogP contribution in [0.3, 0.4) is 0 Å². The third-order valence-corrected chi connectivity index (χ3v) is 4.27. The van der Waals surface area contributed by atoms with E-state index in [-0.39, 0.29) is 0 Å². The summed E-state index contributed by atoms with van der Waals surface area (Å²) in [5.41, 5.74) is 2.42. The standard InChI is InChI=1S/C16H22N2OS/c1-3-17-12-14-16(13-8-5-4-6-9-13)20-15(18-14)10-7-11-19-2/h4-6,8-9,17H,3,7,10-12H2,1-2H3. The molecule has 1 aromatic carbocycles. The summed E-state index contributed by atoms with van der Waals surface area (Å²) in [5.74, 6) is 0. The van der Waals surface area contributed by atoms with Gasteiger partial charge in [-0.2, -0.15) is 0 Å². The number of methoxy groups -OCH3 is 1. The molecule has 3 nitrogen and oxygen atoms in total. The fourth-order valence-corrected chi connectivity index (χ4v) is 3.18. The first-order valence-electron chi connectivity index (χ1n) is 7.08. The molecule has 0 radical (unpaired) electrons. The van der Waals surface area contributed by atoms with Crippen molar-refractivity contribution in [3.8, 4) is 10.4 Å². The number of hydrogen-bond donors (Lipinski definition) is 1. The van der Waals surface area contributed by atoms with E-state index < -0.39 is 0 Å². The molecule has 0 aliphatic heterocycles. The summed E-state index contributed by atoms with van der Waals surface area (Å²) < 4.78 is 5.11. The fourth-order valence-electron chi connectivity index (χ4n) is 2.05. The number of hydrogen-bond acceptors (Lipinski definition) is 4. The van der Waals surface area contributed by atoms with Gasteiger partial charge in [-0.15, -0.1) is 11.3 Å². The largest absolute Gasteiger partial charge is 0.385 e. The molecular formula is C16H22N2OS. The van der Waals surface area contributed by atoms with Crippen LogP contribution >= 0.6 is 11.3 Å². The molecule has 20 heavy (non-hydrogen) atoms. The predicted molar refractivity (Wildman–Crippen MR) is 85.1 cm³/mol. The van der Waals surface area contributed by atoms with Gasteiger partial charge in [-0.1, -0.05) is 37.3 Å². The van der Waals surface area contributed by atoms with Crippen molar-refractivity contribution in [2.24, 2.45) is 0 Å². The number of aromatic nitrogens is 1. The second-order valence-electron chi connectivity index (χ2n) is 4.63. The van der Waals surface area contributed by atoms with Crippen LogP contribution in [0.1, 0.15) is 24.0 Å². The lowest BCUT2D eigenvalue weighted by Crippen LogP contribution is -2.12. The summed E-state index contributed by atoms with van der Waals surface area (Å²) >= 11 is 1.81. The first-order chi connectivity index (χ1) is 9.85. The summed E-state index contributed by atoms with van der Waals surface area (Å²) in [6.45, 7) is 4.71. The van der Waals surface area contributed by atoms with Crippen molar-refractivity contribution in [3.05, 3.63) is 41.0 Å². The van der Waals surface area contributed by atoms with E-state index in [4.69, 9.17) is 9.72 Å². The highest BCUT2D eigenvalue weighted by Crippen LogP contribution is 2.30. The Hall–Kier alpha value is -1.23. The van der Waals surface area contributed by atoms with Gasteiger partial charge >= 0.3 is 0 Å². The number of nitrogens with zero attached hydrogens (tertiary/aromatic N) is 1. The van der Waals surface area contributed by atoms with Gasteiger partial charge in [0.25, 0.3) is 0 Å². The molecule has 0 spiro atoms. The SMILES string of the molecule is CCNCc1nc(CCCOC)sc1-c1ccccc1. The molecule has 4 heteroatoms. The molecule has 0 amide bonds. The Kier molecular flexibility index (Phi) is 6.18. The first kappa shape index (κ1) is 15.2. The predicted octanol–water partition coefficient (Wildman–Crippen LogP) is 3.50. The number of ether oxygens (including phenoxy) is 1. The molecule has 0 unspecified atom stereocenters. The monoisotopic (exact) mass is 290 g/mol. The summed E-state index contributed by atoms with van der Waals surface area (Å²) in [5, 5.41) is 4.58. The molecule has 0 fully saturated rings. The lowest BCUT2D eigenvalue weighted by Gasteiger charge is -2.02. The summed E-state index contributed by atoms with van der Waals surface area (Å²) in [6, 6.07) is 10.5. The van der Waals surface area contributed by atoms with Crippen molar-refractivity contribution in [2.45, 2.75) is 26.3 Å². The first-order valence-corrected chi connectivity index (χ1v) is 7.90. The lowest BCUT2D eigenvalue weighted by molar-refractivity contribution is 0.195. The molecule has 0 saturated carbocycles. The number of rotatable bonds is 8. The highest BCUT2D eigenvalue weighted by molar-refractivity contribution is 7.15. The molecule has 0 aliphatic carbocycles.